The lowest BCUT2D eigenvalue weighted by Gasteiger charge is -2.21. The van der Waals surface area contributed by atoms with E-state index in [4.69, 9.17) is 9.47 Å². The molecule has 2 aromatic carbocycles. The van der Waals surface area contributed by atoms with E-state index in [0.29, 0.717) is 6.54 Å². The average molecular weight is 327 g/mol. The zero-order chi connectivity index (χ0) is 17.4. The summed E-state index contributed by atoms with van der Waals surface area (Å²) in [6.07, 6.45) is 0.216. The van der Waals surface area contributed by atoms with Crippen molar-refractivity contribution in [1.82, 2.24) is 4.90 Å². The molecule has 0 aliphatic heterocycles. The third kappa shape index (κ3) is 5.12. The molecule has 0 bridgehead atoms. The second kappa shape index (κ2) is 8.72. The molecule has 0 aromatic heterocycles. The van der Waals surface area contributed by atoms with Crippen molar-refractivity contribution in [2.75, 3.05) is 20.8 Å². The summed E-state index contributed by atoms with van der Waals surface area (Å²) >= 11 is 0. The van der Waals surface area contributed by atoms with Crippen LogP contribution >= 0.6 is 0 Å². The summed E-state index contributed by atoms with van der Waals surface area (Å²) in [6.45, 7) is 0.297. The molecule has 0 heterocycles. The van der Waals surface area contributed by atoms with Gasteiger partial charge in [-0.3, -0.25) is 9.59 Å². The molecule has 0 saturated heterocycles. The van der Waals surface area contributed by atoms with Crippen LogP contribution in [0.3, 0.4) is 0 Å². The van der Waals surface area contributed by atoms with E-state index in [2.05, 4.69) is 0 Å². The maximum Gasteiger partial charge on any atom is 0.325 e. The number of hydrogen-bond acceptors (Lipinski definition) is 4. The molecule has 1 amide bonds. The van der Waals surface area contributed by atoms with E-state index in [1.807, 2.05) is 54.6 Å². The first kappa shape index (κ1) is 17.5. The predicted octanol–water partition coefficient (Wildman–Crippen LogP) is 2.44. The number of benzene rings is 2. The molecule has 5 heteroatoms. The Morgan fingerprint density at radius 1 is 0.917 bits per heavy atom. The van der Waals surface area contributed by atoms with Crippen LogP contribution in [0, 0.1) is 0 Å². The zero-order valence-corrected chi connectivity index (χ0v) is 13.9. The number of ether oxygens (including phenoxy) is 2. The van der Waals surface area contributed by atoms with Gasteiger partial charge in [0.1, 0.15) is 12.3 Å². The highest BCUT2D eigenvalue weighted by molar-refractivity contribution is 5.83. The number of hydrogen-bond donors (Lipinski definition) is 0. The van der Waals surface area contributed by atoms with E-state index in [1.54, 1.807) is 7.11 Å². The third-order valence-corrected chi connectivity index (χ3v) is 3.63. The molecule has 0 fully saturated rings. The minimum absolute atomic E-state index is 0.0691. The van der Waals surface area contributed by atoms with Crippen molar-refractivity contribution in [3.63, 3.8) is 0 Å². The molecule has 5 nitrogen and oxygen atoms in total. The first-order chi connectivity index (χ1) is 11.6. The summed E-state index contributed by atoms with van der Waals surface area (Å²) in [5.41, 5.74) is 1.83. The second-order valence-corrected chi connectivity index (χ2v) is 5.34. The number of amides is 1. The fourth-order valence-corrected chi connectivity index (χ4v) is 2.29. The maximum atomic E-state index is 12.6. The van der Waals surface area contributed by atoms with Crippen molar-refractivity contribution in [1.29, 1.82) is 0 Å². The molecule has 2 rings (SSSR count). The van der Waals surface area contributed by atoms with Crippen molar-refractivity contribution < 1.29 is 19.1 Å². The summed E-state index contributed by atoms with van der Waals surface area (Å²) in [6, 6.07) is 16.9. The highest BCUT2D eigenvalue weighted by Crippen LogP contribution is 2.13. The largest absolute Gasteiger partial charge is 0.497 e. The van der Waals surface area contributed by atoms with Crippen molar-refractivity contribution in [2.45, 2.75) is 13.0 Å². The van der Waals surface area contributed by atoms with Crippen LogP contribution in [0.5, 0.6) is 5.75 Å². The first-order valence-electron chi connectivity index (χ1n) is 7.64. The monoisotopic (exact) mass is 327 g/mol. The van der Waals surface area contributed by atoms with Crippen LogP contribution in [0.15, 0.2) is 54.6 Å². The molecule has 0 atom stereocenters. The van der Waals surface area contributed by atoms with E-state index in [1.165, 1.54) is 12.0 Å². The van der Waals surface area contributed by atoms with Crippen LogP contribution in [-0.4, -0.2) is 37.5 Å². The van der Waals surface area contributed by atoms with E-state index in [0.717, 1.165) is 16.9 Å². The summed E-state index contributed by atoms with van der Waals surface area (Å²) in [5, 5.41) is 0. The minimum Gasteiger partial charge on any atom is -0.497 e. The van der Waals surface area contributed by atoms with Crippen LogP contribution in [0.25, 0.3) is 0 Å². The molecule has 0 aliphatic rings. The van der Waals surface area contributed by atoms with Crippen LogP contribution in [0.4, 0.5) is 0 Å². The van der Waals surface area contributed by atoms with E-state index < -0.39 is 5.97 Å². The van der Waals surface area contributed by atoms with Gasteiger partial charge in [0.15, 0.2) is 0 Å². The van der Waals surface area contributed by atoms with Gasteiger partial charge in [-0.05, 0) is 23.3 Å². The number of esters is 1. The first-order valence-corrected chi connectivity index (χ1v) is 7.64. The van der Waals surface area contributed by atoms with Gasteiger partial charge in [-0.15, -0.1) is 0 Å². The molecule has 0 unspecified atom stereocenters. The molecule has 2 aromatic rings. The van der Waals surface area contributed by atoms with Crippen LogP contribution in [0.1, 0.15) is 11.1 Å². The lowest BCUT2D eigenvalue weighted by Crippen LogP contribution is -2.36. The van der Waals surface area contributed by atoms with Crippen LogP contribution in [-0.2, 0) is 27.3 Å². The zero-order valence-electron chi connectivity index (χ0n) is 13.9. The number of rotatable bonds is 7. The molecular formula is C19H21NO4. The molecular weight excluding hydrogens is 306 g/mol. The van der Waals surface area contributed by atoms with Crippen LogP contribution in [0.2, 0.25) is 0 Å². The van der Waals surface area contributed by atoms with Crippen molar-refractivity contribution in [3.05, 3.63) is 65.7 Å². The lowest BCUT2D eigenvalue weighted by atomic mass is 10.1. The third-order valence-electron chi connectivity index (χ3n) is 3.63. The Balaban J connectivity index is 2.09. The van der Waals surface area contributed by atoms with E-state index >= 15 is 0 Å². The average Bonchev–Trinajstić information content (AvgIpc) is 2.62. The van der Waals surface area contributed by atoms with E-state index in [9.17, 15) is 9.59 Å². The minimum atomic E-state index is -0.436. The quantitative estimate of drug-likeness (QED) is 0.733. The summed E-state index contributed by atoms with van der Waals surface area (Å²) in [7, 11) is 2.91. The Bertz CT molecular complexity index is 668. The normalized spacial score (nSPS) is 10.1. The molecule has 0 radical (unpaired) electrons. The fourth-order valence-electron chi connectivity index (χ4n) is 2.29. The molecule has 0 saturated carbocycles. The van der Waals surface area contributed by atoms with Gasteiger partial charge in [0.05, 0.1) is 20.6 Å². The Kier molecular flexibility index (Phi) is 6.37. The molecule has 24 heavy (non-hydrogen) atoms. The van der Waals surface area contributed by atoms with Gasteiger partial charge >= 0.3 is 5.97 Å². The fraction of sp³-hybridized carbons (Fsp3) is 0.263. The number of carbonyl (C=O) groups excluding carboxylic acids is 2. The maximum absolute atomic E-state index is 12.6. The number of carbonyl (C=O) groups is 2. The van der Waals surface area contributed by atoms with Crippen LogP contribution < -0.4 is 4.74 Å². The van der Waals surface area contributed by atoms with Gasteiger partial charge in [0, 0.05) is 6.54 Å². The predicted molar refractivity (Wildman–Crippen MR) is 90.6 cm³/mol. The topological polar surface area (TPSA) is 55.8 Å². The molecule has 0 spiro atoms. The Morgan fingerprint density at radius 3 is 2.17 bits per heavy atom. The lowest BCUT2D eigenvalue weighted by molar-refractivity contribution is -0.147. The van der Waals surface area contributed by atoms with Gasteiger partial charge in [0.2, 0.25) is 5.91 Å². The van der Waals surface area contributed by atoms with Gasteiger partial charge in [-0.1, -0.05) is 42.5 Å². The van der Waals surface area contributed by atoms with Crippen molar-refractivity contribution in [3.8, 4) is 5.75 Å². The summed E-state index contributed by atoms with van der Waals surface area (Å²) < 4.78 is 9.81. The SMILES string of the molecule is COC(=O)CN(Cc1ccccc1)C(=O)Cc1ccc(OC)cc1. The van der Waals surface area contributed by atoms with E-state index in [-0.39, 0.29) is 18.9 Å². The summed E-state index contributed by atoms with van der Waals surface area (Å²) in [4.78, 5) is 25.7. The smallest absolute Gasteiger partial charge is 0.325 e. The van der Waals surface area contributed by atoms with Gasteiger partial charge in [-0.2, -0.15) is 0 Å². The molecule has 126 valence electrons. The Hall–Kier alpha value is -2.82. The number of methoxy groups -OCH3 is 2. The Labute approximate surface area is 141 Å². The van der Waals surface area contributed by atoms with Crippen molar-refractivity contribution in [2.24, 2.45) is 0 Å². The number of nitrogens with zero attached hydrogens (tertiary/aromatic N) is 1. The molecule has 0 N–H and O–H groups in total. The highest BCUT2D eigenvalue weighted by Gasteiger charge is 2.18. The van der Waals surface area contributed by atoms with Gasteiger partial charge < -0.3 is 14.4 Å². The second-order valence-electron chi connectivity index (χ2n) is 5.34. The van der Waals surface area contributed by atoms with Gasteiger partial charge in [0.25, 0.3) is 0 Å². The van der Waals surface area contributed by atoms with Gasteiger partial charge in [-0.25, -0.2) is 0 Å². The Morgan fingerprint density at radius 2 is 1.58 bits per heavy atom. The summed E-state index contributed by atoms with van der Waals surface area (Å²) in [5.74, 6) is 0.172. The standard InChI is InChI=1S/C19H21NO4/c1-23-17-10-8-15(9-11-17)12-18(21)20(14-19(22)24-2)13-16-6-4-3-5-7-16/h3-11H,12-14H2,1-2H3. The highest BCUT2D eigenvalue weighted by atomic mass is 16.5. The molecule has 0 aliphatic carbocycles. The van der Waals surface area contributed by atoms with Crippen molar-refractivity contribution >= 4 is 11.9 Å².